The minimum Gasteiger partial charge on any atom is -0.497 e. The number of Topliss-reactive ketones (excluding diaryl/α,β-unsaturated/α-hetero) is 1. The number of rotatable bonds is 7. The standard InChI is InChI=1S/C23H26N2O4/c1-5-23(18-10-12-19(29-4)13-11-18)21(27)25(22(28)24-23)14-20(26)17-8-6-16(7-9-17)15(2)3/h6-13,15H,5,14H2,1-4H3,(H,24,28). The summed E-state index contributed by atoms with van der Waals surface area (Å²) in [5.74, 6) is 0.334. The summed E-state index contributed by atoms with van der Waals surface area (Å²) >= 11 is 0. The first-order chi connectivity index (χ1) is 13.8. The largest absolute Gasteiger partial charge is 0.497 e. The molecule has 1 aliphatic heterocycles. The minimum atomic E-state index is -1.18. The molecule has 6 nitrogen and oxygen atoms in total. The number of amides is 3. The second-order valence-corrected chi connectivity index (χ2v) is 7.51. The Labute approximate surface area is 170 Å². The average Bonchev–Trinajstić information content (AvgIpc) is 2.98. The lowest BCUT2D eigenvalue weighted by Crippen LogP contribution is -2.43. The Morgan fingerprint density at radius 3 is 2.21 bits per heavy atom. The highest BCUT2D eigenvalue weighted by atomic mass is 16.5. The molecule has 1 fully saturated rings. The smallest absolute Gasteiger partial charge is 0.325 e. The summed E-state index contributed by atoms with van der Waals surface area (Å²) in [4.78, 5) is 39.5. The number of carbonyl (C=O) groups is 3. The number of nitrogens with one attached hydrogen (secondary N) is 1. The Morgan fingerprint density at radius 1 is 1.07 bits per heavy atom. The second-order valence-electron chi connectivity index (χ2n) is 7.51. The van der Waals surface area contributed by atoms with Gasteiger partial charge in [0.15, 0.2) is 5.78 Å². The zero-order valence-electron chi connectivity index (χ0n) is 17.2. The summed E-state index contributed by atoms with van der Waals surface area (Å²) in [7, 11) is 1.56. The average molecular weight is 394 g/mol. The first-order valence-corrected chi connectivity index (χ1v) is 9.74. The van der Waals surface area contributed by atoms with Crippen molar-refractivity contribution in [3.63, 3.8) is 0 Å². The van der Waals surface area contributed by atoms with Crippen molar-refractivity contribution in [2.45, 2.75) is 38.6 Å². The van der Waals surface area contributed by atoms with Crippen LogP contribution in [0.1, 0.15) is 54.6 Å². The van der Waals surface area contributed by atoms with Gasteiger partial charge in [-0.2, -0.15) is 0 Å². The minimum absolute atomic E-state index is 0.273. The van der Waals surface area contributed by atoms with Gasteiger partial charge in [-0.25, -0.2) is 4.79 Å². The van der Waals surface area contributed by atoms with Gasteiger partial charge in [0.1, 0.15) is 11.3 Å². The molecule has 0 spiro atoms. The summed E-state index contributed by atoms with van der Waals surface area (Å²) in [6.07, 6.45) is 0.373. The molecule has 1 unspecified atom stereocenters. The number of urea groups is 1. The molecule has 0 saturated carbocycles. The predicted molar refractivity (Wildman–Crippen MR) is 110 cm³/mol. The quantitative estimate of drug-likeness (QED) is 0.572. The van der Waals surface area contributed by atoms with E-state index in [1.54, 1.807) is 43.5 Å². The van der Waals surface area contributed by atoms with Crippen LogP contribution in [0.4, 0.5) is 4.79 Å². The Bertz CT molecular complexity index is 919. The first-order valence-electron chi connectivity index (χ1n) is 9.74. The molecule has 3 rings (SSSR count). The third kappa shape index (κ3) is 3.75. The first kappa shape index (κ1) is 20.6. The van der Waals surface area contributed by atoms with Crippen molar-refractivity contribution in [2.24, 2.45) is 0 Å². The number of imide groups is 1. The van der Waals surface area contributed by atoms with Crippen molar-refractivity contribution in [3.05, 3.63) is 65.2 Å². The fourth-order valence-electron chi connectivity index (χ4n) is 3.57. The van der Waals surface area contributed by atoms with Gasteiger partial charge in [0.2, 0.25) is 0 Å². The summed E-state index contributed by atoms with van der Waals surface area (Å²) in [6, 6.07) is 13.7. The number of ether oxygens (including phenoxy) is 1. The van der Waals surface area contributed by atoms with Crippen molar-refractivity contribution in [1.29, 1.82) is 0 Å². The molecule has 1 heterocycles. The normalized spacial score (nSPS) is 18.9. The second kappa shape index (κ2) is 8.07. The van der Waals surface area contributed by atoms with Crippen LogP contribution in [0.5, 0.6) is 5.75 Å². The van der Waals surface area contributed by atoms with E-state index in [4.69, 9.17) is 4.74 Å². The van der Waals surface area contributed by atoms with E-state index >= 15 is 0 Å². The maximum absolute atomic E-state index is 13.2. The van der Waals surface area contributed by atoms with Gasteiger partial charge in [0.25, 0.3) is 5.91 Å². The number of nitrogens with zero attached hydrogens (tertiary/aromatic N) is 1. The Kier molecular flexibility index (Phi) is 5.73. The highest BCUT2D eigenvalue weighted by molar-refractivity contribution is 6.11. The molecule has 0 bridgehead atoms. The summed E-state index contributed by atoms with van der Waals surface area (Å²) in [5.41, 5.74) is 1.09. The summed E-state index contributed by atoms with van der Waals surface area (Å²) in [6.45, 7) is 5.70. The van der Waals surface area contributed by atoms with Crippen LogP contribution in [0.2, 0.25) is 0 Å². The molecule has 0 radical (unpaired) electrons. The van der Waals surface area contributed by atoms with Gasteiger partial charge in [-0.05, 0) is 35.6 Å². The van der Waals surface area contributed by atoms with Gasteiger partial charge < -0.3 is 10.1 Å². The number of methoxy groups -OCH3 is 1. The Balaban J connectivity index is 1.82. The number of hydrogen-bond acceptors (Lipinski definition) is 4. The van der Waals surface area contributed by atoms with Gasteiger partial charge in [0, 0.05) is 5.56 Å². The highest BCUT2D eigenvalue weighted by Gasteiger charge is 2.51. The van der Waals surface area contributed by atoms with Crippen LogP contribution in [-0.2, 0) is 10.3 Å². The SMILES string of the molecule is CCC1(c2ccc(OC)cc2)NC(=O)N(CC(=O)c2ccc(C(C)C)cc2)C1=O. The molecule has 2 aromatic rings. The Hall–Kier alpha value is -3.15. The van der Waals surface area contributed by atoms with E-state index in [-0.39, 0.29) is 12.3 Å². The van der Waals surface area contributed by atoms with Gasteiger partial charge in [-0.3, -0.25) is 14.5 Å². The monoisotopic (exact) mass is 394 g/mol. The third-order valence-corrected chi connectivity index (χ3v) is 5.49. The number of carbonyl (C=O) groups excluding carboxylic acids is 3. The topological polar surface area (TPSA) is 75.7 Å². The molecular weight excluding hydrogens is 368 g/mol. The molecule has 1 aliphatic rings. The van der Waals surface area contributed by atoms with E-state index in [0.717, 1.165) is 10.5 Å². The van der Waals surface area contributed by atoms with Crippen LogP contribution >= 0.6 is 0 Å². The third-order valence-electron chi connectivity index (χ3n) is 5.49. The maximum atomic E-state index is 13.2. The van der Waals surface area contributed by atoms with Crippen molar-refractivity contribution >= 4 is 17.7 Å². The number of benzene rings is 2. The Morgan fingerprint density at radius 2 is 1.69 bits per heavy atom. The van der Waals surface area contributed by atoms with Crippen LogP contribution in [0.25, 0.3) is 0 Å². The van der Waals surface area contributed by atoms with E-state index in [9.17, 15) is 14.4 Å². The molecule has 2 aromatic carbocycles. The molecule has 1 saturated heterocycles. The van der Waals surface area contributed by atoms with Gasteiger partial charge in [-0.1, -0.05) is 57.2 Å². The zero-order valence-corrected chi connectivity index (χ0v) is 17.2. The molecule has 1 N–H and O–H groups in total. The molecular formula is C23H26N2O4. The zero-order chi connectivity index (χ0) is 21.2. The van der Waals surface area contributed by atoms with Crippen LogP contribution in [0, 0.1) is 0 Å². The molecule has 0 aromatic heterocycles. The van der Waals surface area contributed by atoms with Gasteiger partial charge >= 0.3 is 6.03 Å². The lowest BCUT2D eigenvalue weighted by molar-refractivity contribution is -0.131. The van der Waals surface area contributed by atoms with Crippen molar-refractivity contribution in [1.82, 2.24) is 10.2 Å². The van der Waals surface area contributed by atoms with Crippen molar-refractivity contribution < 1.29 is 19.1 Å². The number of ketones is 1. The highest BCUT2D eigenvalue weighted by Crippen LogP contribution is 2.33. The van der Waals surface area contributed by atoms with Crippen LogP contribution < -0.4 is 10.1 Å². The summed E-state index contributed by atoms with van der Waals surface area (Å²) in [5, 5.41) is 2.80. The molecule has 3 amide bonds. The van der Waals surface area contributed by atoms with E-state index in [0.29, 0.717) is 29.2 Å². The number of hydrogen-bond donors (Lipinski definition) is 1. The van der Waals surface area contributed by atoms with Crippen LogP contribution in [-0.4, -0.2) is 36.3 Å². The van der Waals surface area contributed by atoms with Crippen LogP contribution in [0.3, 0.4) is 0 Å². The lowest BCUT2D eigenvalue weighted by atomic mass is 9.87. The van der Waals surface area contributed by atoms with Crippen molar-refractivity contribution in [2.75, 3.05) is 13.7 Å². The van der Waals surface area contributed by atoms with E-state index < -0.39 is 17.5 Å². The van der Waals surface area contributed by atoms with E-state index in [1.807, 2.05) is 19.1 Å². The molecule has 0 aliphatic carbocycles. The maximum Gasteiger partial charge on any atom is 0.325 e. The molecule has 1 atom stereocenters. The fraction of sp³-hybridized carbons (Fsp3) is 0.348. The van der Waals surface area contributed by atoms with Gasteiger partial charge in [0.05, 0.1) is 13.7 Å². The molecule has 6 heteroatoms. The van der Waals surface area contributed by atoms with Crippen molar-refractivity contribution in [3.8, 4) is 5.75 Å². The molecule has 29 heavy (non-hydrogen) atoms. The van der Waals surface area contributed by atoms with Gasteiger partial charge in [-0.15, -0.1) is 0 Å². The van der Waals surface area contributed by atoms with E-state index in [1.165, 1.54) is 0 Å². The van der Waals surface area contributed by atoms with E-state index in [2.05, 4.69) is 19.2 Å². The fourth-order valence-corrected chi connectivity index (χ4v) is 3.57. The molecule has 152 valence electrons. The summed E-state index contributed by atoms with van der Waals surface area (Å²) < 4.78 is 5.16. The lowest BCUT2D eigenvalue weighted by Gasteiger charge is -2.26. The predicted octanol–water partition coefficient (Wildman–Crippen LogP) is 3.86. The van der Waals surface area contributed by atoms with Crippen LogP contribution in [0.15, 0.2) is 48.5 Å².